The first kappa shape index (κ1) is 11.8. The van der Waals surface area contributed by atoms with E-state index in [1.165, 1.54) is 27.8 Å². The van der Waals surface area contributed by atoms with E-state index in [1.807, 2.05) is 19.4 Å². The summed E-state index contributed by atoms with van der Waals surface area (Å²) in [5.41, 5.74) is 6.37. The lowest BCUT2D eigenvalue weighted by molar-refractivity contribution is 0.819. The third-order valence-corrected chi connectivity index (χ3v) is 2.96. The van der Waals surface area contributed by atoms with Crippen molar-refractivity contribution in [2.45, 2.75) is 20.4 Å². The molecular formula is C15H18N2. The predicted octanol–water partition coefficient (Wildman–Crippen LogP) is 3.08. The number of pyridine rings is 1. The molecule has 0 aliphatic carbocycles. The van der Waals surface area contributed by atoms with Crippen LogP contribution in [0.15, 0.2) is 36.7 Å². The van der Waals surface area contributed by atoms with Gasteiger partial charge in [0.05, 0.1) is 0 Å². The molecule has 0 spiro atoms. The molecule has 1 aromatic carbocycles. The zero-order valence-electron chi connectivity index (χ0n) is 10.6. The molecule has 0 aliphatic rings. The SMILES string of the molecule is CNCc1ccc(C)cc1-c1cnccc1C. The number of nitrogens with one attached hydrogen (secondary N) is 1. The van der Waals surface area contributed by atoms with Gasteiger partial charge in [0.25, 0.3) is 0 Å². The zero-order valence-corrected chi connectivity index (χ0v) is 10.6. The van der Waals surface area contributed by atoms with Gasteiger partial charge >= 0.3 is 0 Å². The summed E-state index contributed by atoms with van der Waals surface area (Å²) in [6.07, 6.45) is 3.79. The molecule has 2 rings (SSSR count). The Hall–Kier alpha value is -1.67. The third kappa shape index (κ3) is 2.53. The lowest BCUT2D eigenvalue weighted by atomic mass is 9.96. The molecule has 17 heavy (non-hydrogen) atoms. The van der Waals surface area contributed by atoms with E-state index in [0.29, 0.717) is 0 Å². The maximum atomic E-state index is 4.23. The van der Waals surface area contributed by atoms with Gasteiger partial charge in [0, 0.05) is 24.5 Å². The Kier molecular flexibility index (Phi) is 3.55. The molecule has 2 aromatic rings. The molecule has 0 saturated carbocycles. The lowest BCUT2D eigenvalue weighted by Gasteiger charge is -2.12. The van der Waals surface area contributed by atoms with Gasteiger partial charge in [-0.05, 0) is 43.7 Å². The summed E-state index contributed by atoms with van der Waals surface area (Å²) in [5, 5.41) is 3.21. The van der Waals surface area contributed by atoms with Gasteiger partial charge in [0.15, 0.2) is 0 Å². The molecule has 0 unspecified atom stereocenters. The molecule has 88 valence electrons. The van der Waals surface area contributed by atoms with Crippen molar-refractivity contribution in [3.63, 3.8) is 0 Å². The van der Waals surface area contributed by atoms with Crippen LogP contribution >= 0.6 is 0 Å². The van der Waals surface area contributed by atoms with Gasteiger partial charge in [-0.3, -0.25) is 4.98 Å². The number of aromatic nitrogens is 1. The molecule has 0 radical (unpaired) electrons. The van der Waals surface area contributed by atoms with Gasteiger partial charge in [-0.15, -0.1) is 0 Å². The molecule has 0 atom stereocenters. The van der Waals surface area contributed by atoms with Crippen molar-refractivity contribution < 1.29 is 0 Å². The van der Waals surface area contributed by atoms with E-state index in [-0.39, 0.29) is 0 Å². The number of hydrogen-bond acceptors (Lipinski definition) is 2. The largest absolute Gasteiger partial charge is 0.316 e. The third-order valence-electron chi connectivity index (χ3n) is 2.96. The van der Waals surface area contributed by atoms with Crippen molar-refractivity contribution in [2.75, 3.05) is 7.05 Å². The Morgan fingerprint density at radius 2 is 1.94 bits per heavy atom. The van der Waals surface area contributed by atoms with Crippen LogP contribution in [-0.4, -0.2) is 12.0 Å². The van der Waals surface area contributed by atoms with E-state index in [9.17, 15) is 0 Å². The minimum atomic E-state index is 0.879. The van der Waals surface area contributed by atoms with Crippen molar-refractivity contribution >= 4 is 0 Å². The summed E-state index contributed by atoms with van der Waals surface area (Å²) in [6.45, 7) is 5.13. The lowest BCUT2D eigenvalue weighted by Crippen LogP contribution is -2.06. The first-order valence-corrected chi connectivity index (χ1v) is 5.87. The van der Waals surface area contributed by atoms with Crippen LogP contribution in [0.3, 0.4) is 0 Å². The number of hydrogen-bond donors (Lipinski definition) is 1. The van der Waals surface area contributed by atoms with Crippen LogP contribution in [0.5, 0.6) is 0 Å². The molecule has 1 aromatic heterocycles. The summed E-state index contributed by atoms with van der Waals surface area (Å²) in [6, 6.07) is 8.63. The Bertz CT molecular complexity index is 518. The summed E-state index contributed by atoms with van der Waals surface area (Å²) < 4.78 is 0. The van der Waals surface area contributed by atoms with Gasteiger partial charge in [-0.2, -0.15) is 0 Å². The fourth-order valence-electron chi connectivity index (χ4n) is 2.03. The summed E-state index contributed by atoms with van der Waals surface area (Å²) in [5.74, 6) is 0. The fourth-order valence-corrected chi connectivity index (χ4v) is 2.03. The van der Waals surface area contributed by atoms with Gasteiger partial charge in [0.1, 0.15) is 0 Å². The Labute approximate surface area is 103 Å². The van der Waals surface area contributed by atoms with Crippen LogP contribution in [-0.2, 0) is 6.54 Å². The number of benzene rings is 1. The van der Waals surface area contributed by atoms with Crippen molar-refractivity contribution in [1.82, 2.24) is 10.3 Å². The first-order valence-electron chi connectivity index (χ1n) is 5.87. The molecule has 1 N–H and O–H groups in total. The molecular weight excluding hydrogens is 208 g/mol. The topological polar surface area (TPSA) is 24.9 Å². The van der Waals surface area contributed by atoms with E-state index >= 15 is 0 Å². The van der Waals surface area contributed by atoms with Crippen LogP contribution in [0, 0.1) is 13.8 Å². The summed E-state index contributed by atoms with van der Waals surface area (Å²) in [4.78, 5) is 4.23. The maximum Gasteiger partial charge on any atom is 0.0349 e. The highest BCUT2D eigenvalue weighted by molar-refractivity contribution is 5.70. The van der Waals surface area contributed by atoms with Gasteiger partial charge < -0.3 is 5.32 Å². The first-order chi connectivity index (χ1) is 8.22. The summed E-state index contributed by atoms with van der Waals surface area (Å²) in [7, 11) is 1.97. The quantitative estimate of drug-likeness (QED) is 0.870. The Morgan fingerprint density at radius 1 is 1.12 bits per heavy atom. The van der Waals surface area contributed by atoms with Crippen molar-refractivity contribution in [2.24, 2.45) is 0 Å². The van der Waals surface area contributed by atoms with Gasteiger partial charge in [0.2, 0.25) is 0 Å². The molecule has 2 heteroatoms. The second-order valence-corrected chi connectivity index (χ2v) is 4.38. The molecule has 0 saturated heterocycles. The van der Waals surface area contributed by atoms with Crippen LogP contribution in [0.1, 0.15) is 16.7 Å². The highest BCUT2D eigenvalue weighted by Gasteiger charge is 2.07. The maximum absolute atomic E-state index is 4.23. The van der Waals surface area contributed by atoms with Crippen LogP contribution < -0.4 is 5.32 Å². The normalized spacial score (nSPS) is 10.5. The zero-order chi connectivity index (χ0) is 12.3. The average Bonchev–Trinajstić information content (AvgIpc) is 2.32. The molecule has 0 fully saturated rings. The van der Waals surface area contributed by atoms with Crippen LogP contribution in [0.4, 0.5) is 0 Å². The molecule has 0 aliphatic heterocycles. The van der Waals surface area contributed by atoms with Crippen molar-refractivity contribution in [1.29, 1.82) is 0 Å². The van der Waals surface area contributed by atoms with Crippen LogP contribution in [0.25, 0.3) is 11.1 Å². The van der Waals surface area contributed by atoms with E-state index in [2.05, 4.69) is 48.4 Å². The van der Waals surface area contributed by atoms with Gasteiger partial charge in [-0.25, -0.2) is 0 Å². The fraction of sp³-hybridized carbons (Fsp3) is 0.267. The van der Waals surface area contributed by atoms with E-state index in [1.54, 1.807) is 0 Å². The minimum Gasteiger partial charge on any atom is -0.316 e. The van der Waals surface area contributed by atoms with E-state index < -0.39 is 0 Å². The predicted molar refractivity (Wildman–Crippen MR) is 71.9 cm³/mol. The summed E-state index contributed by atoms with van der Waals surface area (Å²) >= 11 is 0. The molecule has 0 amide bonds. The van der Waals surface area contributed by atoms with Gasteiger partial charge in [-0.1, -0.05) is 23.8 Å². The molecule has 2 nitrogen and oxygen atoms in total. The minimum absolute atomic E-state index is 0.879. The smallest absolute Gasteiger partial charge is 0.0349 e. The van der Waals surface area contributed by atoms with Crippen LogP contribution in [0.2, 0.25) is 0 Å². The number of nitrogens with zero attached hydrogens (tertiary/aromatic N) is 1. The highest BCUT2D eigenvalue weighted by atomic mass is 14.8. The number of rotatable bonds is 3. The van der Waals surface area contributed by atoms with Crippen molar-refractivity contribution in [3.05, 3.63) is 53.3 Å². The van der Waals surface area contributed by atoms with Crippen molar-refractivity contribution in [3.8, 4) is 11.1 Å². The second kappa shape index (κ2) is 5.11. The average molecular weight is 226 g/mol. The van der Waals surface area contributed by atoms with E-state index in [0.717, 1.165) is 6.54 Å². The van der Waals surface area contributed by atoms with E-state index in [4.69, 9.17) is 0 Å². The standard InChI is InChI=1S/C15H18N2/c1-11-4-5-13(9-16-3)14(8-11)15-10-17-7-6-12(15)2/h4-8,10,16H,9H2,1-3H3. The number of aryl methyl sites for hydroxylation is 2. The Balaban J connectivity index is 2.57. The monoisotopic (exact) mass is 226 g/mol. The molecule has 0 bridgehead atoms. The second-order valence-electron chi connectivity index (χ2n) is 4.38. The Morgan fingerprint density at radius 3 is 2.65 bits per heavy atom. The molecule has 1 heterocycles. The highest BCUT2D eigenvalue weighted by Crippen LogP contribution is 2.27.